The Morgan fingerprint density at radius 2 is 1.88 bits per heavy atom. The molecule has 7 heteroatoms. The number of ether oxygens (including phenoxy) is 1. The van der Waals surface area contributed by atoms with Crippen molar-refractivity contribution >= 4 is 35.4 Å². The molecule has 0 atom stereocenters. The molecule has 0 aliphatic rings. The van der Waals surface area contributed by atoms with Gasteiger partial charge in [-0.1, -0.05) is 41.4 Å². The summed E-state index contributed by atoms with van der Waals surface area (Å²) in [5.74, 6) is 0.993. The number of imidazole rings is 1. The number of nitrogens with zero attached hydrogens (tertiary/aromatic N) is 3. The molecule has 0 unspecified atom stereocenters. The molecule has 128 valence electrons. The number of halogens is 2. The van der Waals surface area contributed by atoms with Crippen LogP contribution in [0.4, 0.5) is 5.95 Å². The Balaban J connectivity index is 1.80. The van der Waals surface area contributed by atoms with E-state index >= 15 is 0 Å². The van der Waals surface area contributed by atoms with Crippen LogP contribution in [0.25, 0.3) is 0 Å². The topological polar surface area (TPSA) is 65.4 Å². The second-order valence-electron chi connectivity index (χ2n) is 5.36. The molecule has 0 amide bonds. The first-order valence-electron chi connectivity index (χ1n) is 7.55. The van der Waals surface area contributed by atoms with E-state index in [9.17, 15) is 0 Å². The normalized spacial score (nSPS) is 11.2. The van der Waals surface area contributed by atoms with Crippen LogP contribution in [-0.2, 0) is 6.61 Å². The maximum Gasteiger partial charge on any atom is 0.221 e. The van der Waals surface area contributed by atoms with Gasteiger partial charge in [-0.15, -0.1) is 0 Å². The Kier molecular flexibility index (Phi) is 5.26. The first-order valence-corrected chi connectivity index (χ1v) is 8.30. The van der Waals surface area contributed by atoms with Gasteiger partial charge in [-0.3, -0.25) is 0 Å². The number of anilines is 1. The van der Waals surface area contributed by atoms with E-state index in [1.165, 1.54) is 4.68 Å². The van der Waals surface area contributed by atoms with Crippen LogP contribution in [0.3, 0.4) is 0 Å². The Hall–Kier alpha value is -2.50. The van der Waals surface area contributed by atoms with Gasteiger partial charge in [0.15, 0.2) is 0 Å². The second kappa shape index (κ2) is 7.59. The molecule has 0 saturated heterocycles. The van der Waals surface area contributed by atoms with Crippen LogP contribution in [0.1, 0.15) is 16.8 Å². The number of aryl methyl sites for hydroxylation is 1. The summed E-state index contributed by atoms with van der Waals surface area (Å²) < 4.78 is 7.40. The number of para-hydroxylation sites is 1. The van der Waals surface area contributed by atoms with E-state index in [1.807, 2.05) is 31.2 Å². The molecule has 2 N–H and O–H groups in total. The smallest absolute Gasteiger partial charge is 0.221 e. The van der Waals surface area contributed by atoms with E-state index < -0.39 is 0 Å². The van der Waals surface area contributed by atoms with Crippen molar-refractivity contribution in [3.63, 3.8) is 0 Å². The highest BCUT2D eigenvalue weighted by molar-refractivity contribution is 6.35. The van der Waals surface area contributed by atoms with E-state index in [1.54, 1.807) is 30.6 Å². The van der Waals surface area contributed by atoms with Gasteiger partial charge in [0.2, 0.25) is 5.95 Å². The lowest BCUT2D eigenvalue weighted by atomic mass is 10.2. The zero-order valence-electron chi connectivity index (χ0n) is 13.5. The van der Waals surface area contributed by atoms with E-state index in [0.717, 1.165) is 16.8 Å². The third kappa shape index (κ3) is 4.13. The molecule has 3 rings (SSSR count). The van der Waals surface area contributed by atoms with Gasteiger partial charge in [0.25, 0.3) is 0 Å². The molecule has 0 saturated carbocycles. The molecule has 0 radical (unpaired) electrons. The van der Waals surface area contributed by atoms with Crippen LogP contribution >= 0.6 is 23.2 Å². The molecular formula is C18H16Cl2N4O. The van der Waals surface area contributed by atoms with E-state index in [0.29, 0.717) is 21.7 Å². The maximum absolute atomic E-state index is 6.18. The molecule has 0 fully saturated rings. The van der Waals surface area contributed by atoms with Gasteiger partial charge in [0.05, 0.1) is 18.1 Å². The van der Waals surface area contributed by atoms with Gasteiger partial charge in [-0.2, -0.15) is 5.10 Å². The zero-order chi connectivity index (χ0) is 17.8. The Morgan fingerprint density at radius 3 is 2.56 bits per heavy atom. The number of hydrogen-bond donors (Lipinski definition) is 1. The molecule has 5 nitrogen and oxygen atoms in total. The summed E-state index contributed by atoms with van der Waals surface area (Å²) >= 11 is 12.4. The number of nitrogen functional groups attached to an aromatic ring is 1. The first kappa shape index (κ1) is 17.3. The third-order valence-corrected chi connectivity index (χ3v) is 4.22. The third-order valence-electron chi connectivity index (χ3n) is 3.51. The fourth-order valence-corrected chi connectivity index (χ4v) is 2.77. The van der Waals surface area contributed by atoms with Crippen molar-refractivity contribution in [1.82, 2.24) is 9.66 Å². The number of nitrogens with two attached hydrogens (primary N) is 1. The van der Waals surface area contributed by atoms with Crippen molar-refractivity contribution in [3.8, 4) is 5.75 Å². The minimum absolute atomic E-state index is 0.260. The molecule has 0 aliphatic heterocycles. The molecule has 25 heavy (non-hydrogen) atoms. The number of aromatic nitrogens is 2. The summed E-state index contributed by atoms with van der Waals surface area (Å²) in [5, 5.41) is 5.46. The summed E-state index contributed by atoms with van der Waals surface area (Å²) in [4.78, 5) is 4.11. The quantitative estimate of drug-likeness (QED) is 0.666. The van der Waals surface area contributed by atoms with Gasteiger partial charge in [-0.05, 0) is 31.2 Å². The molecule has 0 spiro atoms. The average molecular weight is 375 g/mol. The van der Waals surface area contributed by atoms with Gasteiger partial charge in [0.1, 0.15) is 12.4 Å². The summed E-state index contributed by atoms with van der Waals surface area (Å²) in [6.45, 7) is 2.11. The molecule has 3 aromatic rings. The lowest BCUT2D eigenvalue weighted by molar-refractivity contribution is 0.306. The van der Waals surface area contributed by atoms with Gasteiger partial charge in [0, 0.05) is 21.2 Å². The Bertz CT molecular complexity index is 901. The predicted octanol–water partition coefficient (Wildman–Crippen LogP) is 4.54. The second-order valence-corrected chi connectivity index (χ2v) is 6.17. The minimum Gasteiger partial charge on any atom is -0.488 e. The number of benzene rings is 2. The Labute approximate surface area is 155 Å². The van der Waals surface area contributed by atoms with Crippen molar-refractivity contribution in [2.24, 2.45) is 5.10 Å². The summed E-state index contributed by atoms with van der Waals surface area (Å²) in [6, 6.07) is 12.9. The number of hydrogen-bond acceptors (Lipinski definition) is 4. The average Bonchev–Trinajstić information content (AvgIpc) is 2.91. The van der Waals surface area contributed by atoms with Crippen molar-refractivity contribution in [2.75, 3.05) is 5.73 Å². The highest BCUT2D eigenvalue weighted by Crippen LogP contribution is 2.26. The first-order chi connectivity index (χ1) is 12.0. The van der Waals surface area contributed by atoms with Crippen molar-refractivity contribution in [2.45, 2.75) is 13.5 Å². The number of rotatable bonds is 5. The zero-order valence-corrected chi connectivity index (χ0v) is 15.0. The maximum atomic E-state index is 6.18. The van der Waals surface area contributed by atoms with Crippen molar-refractivity contribution in [3.05, 3.63) is 75.5 Å². The lowest BCUT2D eigenvalue weighted by Crippen LogP contribution is -2.01. The largest absolute Gasteiger partial charge is 0.488 e. The van der Waals surface area contributed by atoms with Crippen LogP contribution in [-0.4, -0.2) is 15.9 Å². The highest BCUT2D eigenvalue weighted by Gasteiger charge is 2.08. The van der Waals surface area contributed by atoms with Crippen LogP contribution in [0.15, 0.2) is 53.8 Å². The van der Waals surface area contributed by atoms with E-state index in [2.05, 4.69) is 10.1 Å². The van der Waals surface area contributed by atoms with Gasteiger partial charge < -0.3 is 10.5 Å². The van der Waals surface area contributed by atoms with Crippen LogP contribution in [0.5, 0.6) is 5.75 Å². The molecular weight excluding hydrogens is 359 g/mol. The van der Waals surface area contributed by atoms with Gasteiger partial charge in [-0.25, -0.2) is 9.66 Å². The van der Waals surface area contributed by atoms with Crippen LogP contribution in [0, 0.1) is 6.92 Å². The molecule has 1 heterocycles. The van der Waals surface area contributed by atoms with E-state index in [-0.39, 0.29) is 6.61 Å². The van der Waals surface area contributed by atoms with Crippen molar-refractivity contribution < 1.29 is 4.74 Å². The standard InChI is InChI=1S/C18H16Cl2N4O/c1-12-10-24(18(21)23-12)22-9-13-5-2-3-8-17(13)25-11-14-15(19)6-4-7-16(14)20/h2-10H,11H2,1H3,(H2,21,23). The monoisotopic (exact) mass is 374 g/mol. The molecule has 0 bridgehead atoms. The summed E-state index contributed by atoms with van der Waals surface area (Å²) in [7, 11) is 0. The predicted molar refractivity (Wildman–Crippen MR) is 102 cm³/mol. The summed E-state index contributed by atoms with van der Waals surface area (Å²) in [6.07, 6.45) is 3.42. The van der Waals surface area contributed by atoms with Crippen LogP contribution in [0.2, 0.25) is 10.0 Å². The molecule has 0 aliphatic carbocycles. The SMILES string of the molecule is Cc1cn(N=Cc2ccccc2OCc2c(Cl)cccc2Cl)c(N)n1. The lowest BCUT2D eigenvalue weighted by Gasteiger charge is -2.11. The van der Waals surface area contributed by atoms with Crippen molar-refractivity contribution in [1.29, 1.82) is 0 Å². The minimum atomic E-state index is 0.260. The fraction of sp³-hybridized carbons (Fsp3) is 0.111. The molecule has 1 aromatic heterocycles. The van der Waals surface area contributed by atoms with E-state index in [4.69, 9.17) is 33.7 Å². The molecule has 2 aromatic carbocycles. The Morgan fingerprint density at radius 1 is 1.16 bits per heavy atom. The van der Waals surface area contributed by atoms with Crippen LogP contribution < -0.4 is 10.5 Å². The fourth-order valence-electron chi connectivity index (χ4n) is 2.26. The van der Waals surface area contributed by atoms with Gasteiger partial charge >= 0.3 is 0 Å². The summed E-state index contributed by atoms with van der Waals surface area (Å²) in [5.41, 5.74) is 8.13. The highest BCUT2D eigenvalue weighted by atomic mass is 35.5.